The minimum atomic E-state index is -0.397. The number of rotatable bonds is 2. The number of aryl methyl sites for hydroxylation is 1. The van der Waals surface area contributed by atoms with Crippen molar-refractivity contribution in [3.63, 3.8) is 0 Å². The molecule has 0 saturated carbocycles. The van der Waals surface area contributed by atoms with Crippen molar-refractivity contribution in [3.8, 4) is 5.75 Å². The van der Waals surface area contributed by atoms with E-state index in [0.717, 1.165) is 21.7 Å². The maximum absolute atomic E-state index is 11.5. The van der Waals surface area contributed by atoms with Gasteiger partial charge in [0.15, 0.2) is 0 Å². The van der Waals surface area contributed by atoms with E-state index in [9.17, 15) is 9.90 Å². The minimum Gasteiger partial charge on any atom is -0.506 e. The molecule has 1 aromatic heterocycles. The molecular weight excluding hydrogens is 316 g/mol. The van der Waals surface area contributed by atoms with Crippen LogP contribution in [-0.4, -0.2) is 5.11 Å². The Labute approximate surface area is 142 Å². The zero-order valence-corrected chi connectivity index (χ0v) is 13.4. The Balaban J connectivity index is 1.81. The maximum atomic E-state index is 11.5. The molecule has 0 saturated heterocycles. The zero-order chi connectivity index (χ0) is 17.4. The highest BCUT2D eigenvalue weighted by Gasteiger charge is 2.07. The SMILES string of the molecule is Cc1cc(=O)oc2cc(N=Nc3c(O)ccc4ccccc34)ccc12. The van der Waals surface area contributed by atoms with E-state index in [1.54, 1.807) is 18.2 Å². The molecule has 0 aliphatic heterocycles. The van der Waals surface area contributed by atoms with E-state index in [1.165, 1.54) is 6.07 Å². The first-order chi connectivity index (χ1) is 12.1. The van der Waals surface area contributed by atoms with Crippen molar-refractivity contribution in [3.05, 3.63) is 76.6 Å². The molecule has 0 bridgehead atoms. The minimum absolute atomic E-state index is 0.0608. The van der Waals surface area contributed by atoms with Crippen molar-refractivity contribution < 1.29 is 9.52 Å². The van der Waals surface area contributed by atoms with Crippen molar-refractivity contribution >= 4 is 33.1 Å². The van der Waals surface area contributed by atoms with Gasteiger partial charge in [-0.05, 0) is 36.1 Å². The fourth-order valence-electron chi connectivity index (χ4n) is 2.83. The van der Waals surface area contributed by atoms with Gasteiger partial charge in [-0.25, -0.2) is 4.79 Å². The van der Waals surface area contributed by atoms with E-state index in [0.29, 0.717) is 17.0 Å². The van der Waals surface area contributed by atoms with Crippen LogP contribution in [-0.2, 0) is 0 Å². The predicted octanol–water partition coefficient (Wildman–Crippen LogP) is 5.38. The first kappa shape index (κ1) is 15.1. The summed E-state index contributed by atoms with van der Waals surface area (Å²) in [4.78, 5) is 11.5. The van der Waals surface area contributed by atoms with Gasteiger partial charge < -0.3 is 9.52 Å². The number of hydrogen-bond acceptors (Lipinski definition) is 5. The average Bonchev–Trinajstić information content (AvgIpc) is 2.60. The topological polar surface area (TPSA) is 75.2 Å². The molecule has 25 heavy (non-hydrogen) atoms. The van der Waals surface area contributed by atoms with Crippen LogP contribution in [0.3, 0.4) is 0 Å². The summed E-state index contributed by atoms with van der Waals surface area (Å²) in [5.74, 6) is 0.0608. The van der Waals surface area contributed by atoms with E-state index in [-0.39, 0.29) is 5.75 Å². The summed E-state index contributed by atoms with van der Waals surface area (Å²) < 4.78 is 5.22. The van der Waals surface area contributed by atoms with Crippen LogP contribution in [0.5, 0.6) is 5.75 Å². The summed E-state index contributed by atoms with van der Waals surface area (Å²) in [6.07, 6.45) is 0. The van der Waals surface area contributed by atoms with Gasteiger partial charge in [0.05, 0.1) is 5.69 Å². The zero-order valence-electron chi connectivity index (χ0n) is 13.4. The molecule has 122 valence electrons. The van der Waals surface area contributed by atoms with Crippen LogP contribution in [0, 0.1) is 6.92 Å². The summed E-state index contributed by atoms with van der Waals surface area (Å²) in [6, 6.07) is 17.8. The molecule has 5 heteroatoms. The van der Waals surface area contributed by atoms with E-state index in [4.69, 9.17) is 4.42 Å². The number of aromatic hydroxyl groups is 1. The van der Waals surface area contributed by atoms with Gasteiger partial charge in [-0.2, -0.15) is 5.11 Å². The third-order valence-corrected chi connectivity index (χ3v) is 4.08. The van der Waals surface area contributed by atoms with E-state index < -0.39 is 5.63 Å². The lowest BCUT2D eigenvalue weighted by atomic mass is 10.1. The third kappa shape index (κ3) is 2.76. The molecule has 0 aliphatic carbocycles. The Morgan fingerprint density at radius 3 is 2.64 bits per heavy atom. The van der Waals surface area contributed by atoms with Gasteiger partial charge in [0.25, 0.3) is 0 Å². The highest BCUT2D eigenvalue weighted by molar-refractivity contribution is 5.95. The van der Waals surface area contributed by atoms with Gasteiger partial charge in [-0.1, -0.05) is 30.3 Å². The van der Waals surface area contributed by atoms with Crippen molar-refractivity contribution in [2.24, 2.45) is 10.2 Å². The molecule has 4 aromatic rings. The van der Waals surface area contributed by atoms with Gasteiger partial charge in [-0.3, -0.25) is 0 Å². The van der Waals surface area contributed by atoms with Gasteiger partial charge in [-0.15, -0.1) is 5.11 Å². The molecule has 0 radical (unpaired) electrons. The Bertz CT molecular complexity index is 1190. The lowest BCUT2D eigenvalue weighted by molar-refractivity contribution is 0.477. The number of phenolic OH excluding ortho intramolecular Hbond substituents is 1. The summed E-state index contributed by atoms with van der Waals surface area (Å²) in [5, 5.41) is 21.2. The quantitative estimate of drug-likeness (QED) is 0.396. The number of phenols is 1. The average molecular weight is 330 g/mol. The lowest BCUT2D eigenvalue weighted by Gasteiger charge is -2.04. The molecule has 1 heterocycles. The highest BCUT2D eigenvalue weighted by Crippen LogP contribution is 2.36. The number of azo groups is 1. The summed E-state index contributed by atoms with van der Waals surface area (Å²) >= 11 is 0. The van der Waals surface area contributed by atoms with E-state index in [1.807, 2.05) is 43.3 Å². The molecule has 0 atom stereocenters. The van der Waals surface area contributed by atoms with Crippen LogP contribution < -0.4 is 5.63 Å². The molecule has 0 spiro atoms. The second-order valence-electron chi connectivity index (χ2n) is 5.78. The number of nitrogens with zero attached hydrogens (tertiary/aromatic N) is 2. The van der Waals surface area contributed by atoms with Gasteiger partial charge in [0.2, 0.25) is 0 Å². The van der Waals surface area contributed by atoms with E-state index in [2.05, 4.69) is 10.2 Å². The molecule has 0 aliphatic rings. The van der Waals surface area contributed by atoms with Crippen LogP contribution in [0.1, 0.15) is 5.56 Å². The normalized spacial score (nSPS) is 11.6. The molecule has 5 nitrogen and oxygen atoms in total. The largest absolute Gasteiger partial charge is 0.506 e. The van der Waals surface area contributed by atoms with Crippen molar-refractivity contribution in [1.29, 1.82) is 0 Å². The molecular formula is C20H14N2O3. The van der Waals surface area contributed by atoms with Crippen LogP contribution in [0.25, 0.3) is 21.7 Å². The van der Waals surface area contributed by atoms with Crippen molar-refractivity contribution in [1.82, 2.24) is 0 Å². The summed E-state index contributed by atoms with van der Waals surface area (Å²) in [5.41, 5.74) is 1.85. The number of hydrogen-bond donors (Lipinski definition) is 1. The maximum Gasteiger partial charge on any atom is 0.336 e. The Morgan fingerprint density at radius 2 is 1.76 bits per heavy atom. The van der Waals surface area contributed by atoms with Crippen LogP contribution in [0.2, 0.25) is 0 Å². The number of benzene rings is 3. The smallest absolute Gasteiger partial charge is 0.336 e. The first-order valence-corrected chi connectivity index (χ1v) is 7.79. The molecule has 4 rings (SSSR count). The highest BCUT2D eigenvalue weighted by atomic mass is 16.4. The summed E-state index contributed by atoms with van der Waals surface area (Å²) in [6.45, 7) is 1.86. The van der Waals surface area contributed by atoms with Crippen LogP contribution in [0.15, 0.2) is 80.1 Å². The number of fused-ring (bicyclic) bond motifs is 2. The van der Waals surface area contributed by atoms with Crippen molar-refractivity contribution in [2.75, 3.05) is 0 Å². The van der Waals surface area contributed by atoms with Gasteiger partial charge >= 0.3 is 5.63 Å². The third-order valence-electron chi connectivity index (χ3n) is 4.08. The molecule has 0 unspecified atom stereocenters. The van der Waals surface area contributed by atoms with Crippen LogP contribution in [0.4, 0.5) is 11.4 Å². The fraction of sp³-hybridized carbons (Fsp3) is 0.0500. The molecule has 3 aromatic carbocycles. The summed E-state index contributed by atoms with van der Waals surface area (Å²) in [7, 11) is 0. The molecule has 0 fully saturated rings. The monoisotopic (exact) mass is 330 g/mol. The van der Waals surface area contributed by atoms with Crippen LogP contribution >= 0.6 is 0 Å². The standard InChI is InChI=1S/C20H14N2O3/c1-12-10-19(24)25-18-11-14(7-8-15(12)18)21-22-20-16-5-3-2-4-13(16)6-9-17(20)23/h2-11,23H,1H3. The second kappa shape index (κ2) is 5.87. The Hall–Kier alpha value is -3.47. The predicted molar refractivity (Wildman–Crippen MR) is 97.0 cm³/mol. The second-order valence-corrected chi connectivity index (χ2v) is 5.78. The lowest BCUT2D eigenvalue weighted by Crippen LogP contribution is -1.97. The van der Waals surface area contributed by atoms with Crippen molar-refractivity contribution in [2.45, 2.75) is 6.92 Å². The Kier molecular flexibility index (Phi) is 3.54. The molecule has 0 amide bonds. The van der Waals surface area contributed by atoms with E-state index >= 15 is 0 Å². The first-order valence-electron chi connectivity index (χ1n) is 7.79. The molecule has 1 N–H and O–H groups in total. The van der Waals surface area contributed by atoms with Gasteiger partial charge in [0.1, 0.15) is 17.0 Å². The Morgan fingerprint density at radius 1 is 0.920 bits per heavy atom. The van der Waals surface area contributed by atoms with Gasteiger partial charge in [0, 0.05) is 22.9 Å². The fourth-order valence-corrected chi connectivity index (χ4v) is 2.83.